The first-order valence-corrected chi connectivity index (χ1v) is 7.56. The number of halogens is 2. The van der Waals surface area contributed by atoms with E-state index < -0.39 is 0 Å². The van der Waals surface area contributed by atoms with E-state index in [2.05, 4.69) is 30.5 Å². The summed E-state index contributed by atoms with van der Waals surface area (Å²) in [7, 11) is 0. The summed E-state index contributed by atoms with van der Waals surface area (Å²) >= 11 is 9.65. The normalized spacial score (nSPS) is 12.9. The molecule has 0 bridgehead atoms. The number of hydrogen-bond donors (Lipinski definition) is 0. The van der Waals surface area contributed by atoms with Crippen LogP contribution >= 0.6 is 27.5 Å². The number of rotatable bonds is 4. The van der Waals surface area contributed by atoms with Crippen molar-refractivity contribution >= 4 is 38.7 Å². The number of hydrogen-bond acceptors (Lipinski definition) is 3. The summed E-state index contributed by atoms with van der Waals surface area (Å²) in [5.41, 5.74) is 1.70. The van der Waals surface area contributed by atoms with Crippen LogP contribution in [-0.4, -0.2) is 14.5 Å². The molecule has 0 aliphatic heterocycles. The molecule has 6 heteroatoms. The molecule has 1 unspecified atom stereocenters. The lowest BCUT2D eigenvalue weighted by Gasteiger charge is -2.08. The molecule has 3 aromatic heterocycles. The lowest BCUT2D eigenvalue weighted by Crippen LogP contribution is -2.07. The molecule has 3 rings (SSSR count). The third-order valence-electron chi connectivity index (χ3n) is 3.10. The maximum absolute atomic E-state index is 6.23. The first kappa shape index (κ1) is 13.6. The highest BCUT2D eigenvalue weighted by molar-refractivity contribution is 9.10. The van der Waals surface area contributed by atoms with Gasteiger partial charge in [-0.15, -0.1) is 11.6 Å². The highest BCUT2D eigenvalue weighted by Crippen LogP contribution is 2.25. The molecule has 4 nitrogen and oxygen atoms in total. The van der Waals surface area contributed by atoms with Crippen molar-refractivity contribution in [1.29, 1.82) is 0 Å². The van der Waals surface area contributed by atoms with Gasteiger partial charge < -0.3 is 8.98 Å². The van der Waals surface area contributed by atoms with Crippen molar-refractivity contribution in [1.82, 2.24) is 14.5 Å². The van der Waals surface area contributed by atoms with Crippen LogP contribution in [-0.2, 0) is 13.0 Å². The van der Waals surface area contributed by atoms with Gasteiger partial charge >= 0.3 is 0 Å². The molecule has 0 N–H and O–H groups in total. The molecule has 0 fully saturated rings. The predicted molar refractivity (Wildman–Crippen MR) is 81.9 cm³/mol. The van der Waals surface area contributed by atoms with Crippen molar-refractivity contribution in [2.24, 2.45) is 0 Å². The van der Waals surface area contributed by atoms with Crippen molar-refractivity contribution in [3.8, 4) is 0 Å². The molecule has 1 atom stereocenters. The van der Waals surface area contributed by atoms with Crippen molar-refractivity contribution in [2.45, 2.75) is 25.3 Å². The van der Waals surface area contributed by atoms with Gasteiger partial charge in [0.15, 0.2) is 5.65 Å². The fourth-order valence-electron chi connectivity index (χ4n) is 2.20. The molecule has 0 saturated heterocycles. The number of alkyl halides is 1. The zero-order chi connectivity index (χ0) is 14.1. The number of aryl methyl sites for hydroxylation is 2. The topological polar surface area (TPSA) is 43.9 Å². The zero-order valence-electron chi connectivity index (χ0n) is 10.9. The van der Waals surface area contributed by atoms with Crippen molar-refractivity contribution in [3.63, 3.8) is 0 Å². The largest absolute Gasteiger partial charge is 0.469 e. The summed E-state index contributed by atoms with van der Waals surface area (Å²) in [6.45, 7) is 2.66. The summed E-state index contributed by atoms with van der Waals surface area (Å²) in [6.07, 6.45) is 4.24. The van der Waals surface area contributed by atoms with E-state index in [4.69, 9.17) is 16.0 Å². The number of nitrogens with zero attached hydrogens (tertiary/aromatic N) is 3. The summed E-state index contributed by atoms with van der Waals surface area (Å²) in [6, 6.07) is 5.81. The van der Waals surface area contributed by atoms with Crippen molar-refractivity contribution < 1.29 is 4.42 Å². The maximum atomic E-state index is 6.23. The average molecular weight is 355 g/mol. The fraction of sp³-hybridized carbons (Fsp3) is 0.286. The maximum Gasteiger partial charge on any atom is 0.160 e. The molecular weight excluding hydrogens is 342 g/mol. The third-order valence-corrected chi connectivity index (χ3v) is 3.73. The minimum atomic E-state index is -0.167. The quantitative estimate of drug-likeness (QED) is 0.655. The highest BCUT2D eigenvalue weighted by Gasteiger charge is 2.16. The Morgan fingerprint density at radius 2 is 2.35 bits per heavy atom. The standard InChI is InChI=1S/C14H13BrClN3O/c1-9(16)13-18-12-7-10(15)8-17-14(12)19(13)5-4-11-3-2-6-20-11/h2-3,6-9H,4-5H2,1H3. The van der Waals surface area contributed by atoms with E-state index in [0.29, 0.717) is 0 Å². The van der Waals surface area contributed by atoms with Gasteiger partial charge in [-0.2, -0.15) is 0 Å². The lowest BCUT2D eigenvalue weighted by atomic mass is 10.3. The van der Waals surface area contributed by atoms with Crippen LogP contribution < -0.4 is 0 Å². The van der Waals surface area contributed by atoms with E-state index in [1.807, 2.05) is 25.1 Å². The number of imidazole rings is 1. The summed E-state index contributed by atoms with van der Waals surface area (Å²) in [5.74, 6) is 1.77. The number of pyridine rings is 1. The molecule has 3 heterocycles. The average Bonchev–Trinajstić information content (AvgIpc) is 3.02. The molecule has 0 aliphatic carbocycles. The van der Waals surface area contributed by atoms with Crippen LogP contribution in [0.3, 0.4) is 0 Å². The molecule has 0 radical (unpaired) electrons. The van der Waals surface area contributed by atoms with Crippen LogP contribution in [0.15, 0.2) is 39.5 Å². The minimum absolute atomic E-state index is 0.167. The molecule has 0 aliphatic rings. The van der Waals surface area contributed by atoms with Crippen LogP contribution in [0.1, 0.15) is 23.9 Å². The van der Waals surface area contributed by atoms with Crippen LogP contribution in [0, 0.1) is 0 Å². The van der Waals surface area contributed by atoms with Crippen LogP contribution in [0.4, 0.5) is 0 Å². The van der Waals surface area contributed by atoms with E-state index in [1.165, 1.54) is 0 Å². The molecule has 0 spiro atoms. The van der Waals surface area contributed by atoms with Gasteiger partial charge in [0.2, 0.25) is 0 Å². The van der Waals surface area contributed by atoms with Crippen LogP contribution in [0.5, 0.6) is 0 Å². The van der Waals surface area contributed by atoms with Gasteiger partial charge in [-0.3, -0.25) is 0 Å². The van der Waals surface area contributed by atoms with Crippen molar-refractivity contribution in [2.75, 3.05) is 0 Å². The Labute approximate surface area is 129 Å². The van der Waals surface area contributed by atoms with E-state index in [1.54, 1.807) is 12.5 Å². The summed E-state index contributed by atoms with van der Waals surface area (Å²) in [5, 5.41) is -0.167. The highest BCUT2D eigenvalue weighted by atomic mass is 79.9. The Morgan fingerprint density at radius 1 is 1.50 bits per heavy atom. The SMILES string of the molecule is CC(Cl)c1nc2cc(Br)cnc2n1CCc1ccco1. The third kappa shape index (κ3) is 2.60. The monoisotopic (exact) mass is 353 g/mol. The van der Waals surface area contributed by atoms with Gasteiger partial charge in [0.1, 0.15) is 17.1 Å². The van der Waals surface area contributed by atoms with Gasteiger partial charge in [-0.1, -0.05) is 0 Å². The smallest absolute Gasteiger partial charge is 0.160 e. The zero-order valence-corrected chi connectivity index (χ0v) is 13.2. The first-order chi connectivity index (χ1) is 9.65. The van der Waals surface area contributed by atoms with Gasteiger partial charge in [-0.05, 0) is 41.1 Å². The summed E-state index contributed by atoms with van der Waals surface area (Å²) in [4.78, 5) is 9.03. The second-order valence-electron chi connectivity index (χ2n) is 4.56. The molecule has 104 valence electrons. The summed E-state index contributed by atoms with van der Waals surface area (Å²) < 4.78 is 8.34. The first-order valence-electron chi connectivity index (χ1n) is 6.33. The van der Waals surface area contributed by atoms with Crippen molar-refractivity contribution in [3.05, 3.63) is 46.7 Å². The van der Waals surface area contributed by atoms with Gasteiger partial charge in [0.25, 0.3) is 0 Å². The van der Waals surface area contributed by atoms with Gasteiger partial charge in [0, 0.05) is 23.6 Å². The minimum Gasteiger partial charge on any atom is -0.469 e. The number of aromatic nitrogens is 3. The second-order valence-corrected chi connectivity index (χ2v) is 6.13. The molecule has 3 aromatic rings. The second kappa shape index (κ2) is 5.58. The number of furan rings is 1. The Bertz CT molecular complexity index is 721. The van der Waals surface area contributed by atoms with E-state index in [0.717, 1.165) is 40.2 Å². The van der Waals surface area contributed by atoms with Crippen LogP contribution in [0.2, 0.25) is 0 Å². The molecule has 0 saturated carbocycles. The van der Waals surface area contributed by atoms with E-state index >= 15 is 0 Å². The van der Waals surface area contributed by atoms with Crippen LogP contribution in [0.25, 0.3) is 11.2 Å². The van der Waals surface area contributed by atoms with Gasteiger partial charge in [-0.25, -0.2) is 9.97 Å². The molecule has 20 heavy (non-hydrogen) atoms. The molecule has 0 aromatic carbocycles. The van der Waals surface area contributed by atoms with E-state index in [9.17, 15) is 0 Å². The molecule has 0 amide bonds. The Kier molecular flexibility index (Phi) is 3.81. The Hall–Kier alpha value is -1.33. The predicted octanol–water partition coefficient (Wildman–Crippen LogP) is 4.33. The Balaban J connectivity index is 2.00. The van der Waals surface area contributed by atoms with E-state index in [-0.39, 0.29) is 5.38 Å². The Morgan fingerprint density at radius 3 is 3.05 bits per heavy atom. The number of fused-ring (bicyclic) bond motifs is 1. The lowest BCUT2D eigenvalue weighted by molar-refractivity contribution is 0.489. The molecular formula is C14H13BrClN3O. The fourth-order valence-corrected chi connectivity index (χ4v) is 2.69. The van der Waals surface area contributed by atoms with Gasteiger partial charge in [0.05, 0.1) is 11.6 Å².